The standard InChI is InChI=1S/C17H14N4O2S/c18-9-12-2-1-3-13(8-12)10-19-15(22)4-5-16-20-17(21-23-16)14-6-7-24-11-14/h1-3,6-8,11H,4-5,10H2,(H,19,22). The predicted molar refractivity (Wildman–Crippen MR) is 88.9 cm³/mol. The van der Waals surface area contributed by atoms with Crippen molar-refractivity contribution in [1.82, 2.24) is 15.5 Å². The van der Waals surface area contributed by atoms with Crippen molar-refractivity contribution >= 4 is 17.2 Å². The summed E-state index contributed by atoms with van der Waals surface area (Å²) < 4.78 is 5.16. The zero-order chi connectivity index (χ0) is 16.8. The van der Waals surface area contributed by atoms with E-state index in [4.69, 9.17) is 9.78 Å². The predicted octanol–water partition coefficient (Wildman–Crippen LogP) is 2.92. The summed E-state index contributed by atoms with van der Waals surface area (Å²) in [5.41, 5.74) is 2.38. The molecule has 7 heteroatoms. The minimum absolute atomic E-state index is 0.104. The first-order chi connectivity index (χ1) is 11.7. The van der Waals surface area contributed by atoms with Crippen molar-refractivity contribution in [3.63, 3.8) is 0 Å². The number of rotatable bonds is 6. The molecule has 1 N–H and O–H groups in total. The third-order valence-electron chi connectivity index (χ3n) is 3.36. The molecule has 120 valence electrons. The number of nitrogens with one attached hydrogen (secondary N) is 1. The van der Waals surface area contributed by atoms with Crippen LogP contribution in [-0.2, 0) is 17.8 Å². The van der Waals surface area contributed by atoms with Gasteiger partial charge in [0.15, 0.2) is 0 Å². The fraction of sp³-hybridized carbons (Fsp3) is 0.176. The average Bonchev–Trinajstić information content (AvgIpc) is 3.29. The molecule has 1 amide bonds. The summed E-state index contributed by atoms with van der Waals surface area (Å²) in [6.07, 6.45) is 0.657. The fourth-order valence-electron chi connectivity index (χ4n) is 2.13. The van der Waals surface area contributed by atoms with Gasteiger partial charge in [-0.05, 0) is 29.1 Å². The van der Waals surface area contributed by atoms with Gasteiger partial charge in [-0.1, -0.05) is 17.3 Å². The molecule has 2 heterocycles. The maximum absolute atomic E-state index is 11.9. The molecule has 0 atom stereocenters. The zero-order valence-electron chi connectivity index (χ0n) is 12.7. The summed E-state index contributed by atoms with van der Waals surface area (Å²) >= 11 is 1.56. The van der Waals surface area contributed by atoms with Crippen LogP contribution in [0.15, 0.2) is 45.6 Å². The van der Waals surface area contributed by atoms with Gasteiger partial charge in [0.25, 0.3) is 0 Å². The third kappa shape index (κ3) is 4.06. The Kier molecular flexibility index (Phi) is 4.99. The van der Waals surface area contributed by atoms with Crippen molar-refractivity contribution in [3.05, 3.63) is 58.1 Å². The lowest BCUT2D eigenvalue weighted by atomic mass is 10.1. The van der Waals surface area contributed by atoms with Gasteiger partial charge in [-0.3, -0.25) is 4.79 Å². The van der Waals surface area contributed by atoms with E-state index in [1.54, 1.807) is 29.5 Å². The Morgan fingerprint density at radius 1 is 1.38 bits per heavy atom. The van der Waals surface area contributed by atoms with Crippen molar-refractivity contribution in [3.8, 4) is 17.5 Å². The molecule has 1 aromatic carbocycles. The summed E-state index contributed by atoms with van der Waals surface area (Å²) in [5.74, 6) is 0.880. The van der Waals surface area contributed by atoms with Crippen molar-refractivity contribution in [2.24, 2.45) is 0 Å². The number of hydrogen-bond acceptors (Lipinski definition) is 6. The zero-order valence-corrected chi connectivity index (χ0v) is 13.5. The number of aryl methyl sites for hydroxylation is 1. The summed E-state index contributed by atoms with van der Waals surface area (Å²) in [7, 11) is 0. The lowest BCUT2D eigenvalue weighted by Crippen LogP contribution is -2.23. The molecular weight excluding hydrogens is 324 g/mol. The van der Waals surface area contributed by atoms with Crippen LogP contribution in [-0.4, -0.2) is 16.0 Å². The molecule has 0 unspecified atom stereocenters. The molecular formula is C17H14N4O2S. The molecule has 2 aromatic heterocycles. The quantitative estimate of drug-likeness (QED) is 0.746. The van der Waals surface area contributed by atoms with Crippen molar-refractivity contribution < 1.29 is 9.32 Å². The SMILES string of the molecule is N#Cc1cccc(CNC(=O)CCc2nc(-c3ccsc3)no2)c1. The van der Waals surface area contributed by atoms with Crippen LogP contribution < -0.4 is 5.32 Å². The monoisotopic (exact) mass is 338 g/mol. The molecule has 0 radical (unpaired) electrons. The Morgan fingerprint density at radius 3 is 3.08 bits per heavy atom. The largest absolute Gasteiger partial charge is 0.352 e. The molecule has 0 fully saturated rings. The highest BCUT2D eigenvalue weighted by molar-refractivity contribution is 7.08. The van der Waals surface area contributed by atoms with Crippen LogP contribution in [0.25, 0.3) is 11.4 Å². The van der Waals surface area contributed by atoms with Gasteiger partial charge < -0.3 is 9.84 Å². The summed E-state index contributed by atoms with van der Waals surface area (Å²) in [4.78, 5) is 16.2. The van der Waals surface area contributed by atoms with Crippen LogP contribution in [0.5, 0.6) is 0 Å². The second-order valence-corrected chi connectivity index (χ2v) is 5.89. The van der Waals surface area contributed by atoms with Crippen molar-refractivity contribution in [2.45, 2.75) is 19.4 Å². The van der Waals surface area contributed by atoms with E-state index in [-0.39, 0.29) is 12.3 Å². The van der Waals surface area contributed by atoms with Crippen molar-refractivity contribution in [1.29, 1.82) is 5.26 Å². The van der Waals surface area contributed by atoms with Crippen LogP contribution in [0.1, 0.15) is 23.4 Å². The van der Waals surface area contributed by atoms with E-state index in [0.29, 0.717) is 30.2 Å². The molecule has 0 bridgehead atoms. The molecule has 24 heavy (non-hydrogen) atoms. The second-order valence-electron chi connectivity index (χ2n) is 5.11. The number of carbonyl (C=O) groups is 1. The summed E-state index contributed by atoms with van der Waals surface area (Å²) in [6.45, 7) is 0.387. The molecule has 0 saturated heterocycles. The van der Waals surface area contributed by atoms with Crippen LogP contribution in [0.2, 0.25) is 0 Å². The molecule has 0 aliphatic heterocycles. The van der Waals surface area contributed by atoms with Gasteiger partial charge in [-0.15, -0.1) is 0 Å². The van der Waals surface area contributed by atoms with Crippen molar-refractivity contribution in [2.75, 3.05) is 0 Å². The summed E-state index contributed by atoms with van der Waals surface area (Å²) in [5, 5.41) is 19.5. The second kappa shape index (κ2) is 7.53. The van der Waals surface area contributed by atoms with E-state index >= 15 is 0 Å². The number of nitriles is 1. The fourth-order valence-corrected chi connectivity index (χ4v) is 2.76. The number of amides is 1. The van der Waals surface area contributed by atoms with Gasteiger partial charge in [-0.25, -0.2) is 0 Å². The van der Waals surface area contributed by atoms with Crippen LogP contribution >= 0.6 is 11.3 Å². The smallest absolute Gasteiger partial charge is 0.227 e. The van der Waals surface area contributed by atoms with E-state index in [9.17, 15) is 4.79 Å². The van der Waals surface area contributed by atoms with Gasteiger partial charge in [0.05, 0.1) is 11.6 Å². The Labute approximate surface area is 142 Å². The Balaban J connectivity index is 1.48. The minimum atomic E-state index is -0.104. The van der Waals surface area contributed by atoms with Gasteiger partial charge in [0.1, 0.15) is 0 Å². The maximum atomic E-state index is 11.9. The Hall–Kier alpha value is -2.98. The highest BCUT2D eigenvalue weighted by atomic mass is 32.1. The van der Waals surface area contributed by atoms with Gasteiger partial charge in [0, 0.05) is 30.3 Å². The molecule has 6 nitrogen and oxygen atoms in total. The number of nitrogens with zero attached hydrogens (tertiary/aromatic N) is 3. The van der Waals surface area contributed by atoms with E-state index in [0.717, 1.165) is 11.1 Å². The first-order valence-corrected chi connectivity index (χ1v) is 8.30. The summed E-state index contributed by atoms with van der Waals surface area (Å²) in [6, 6.07) is 11.1. The van der Waals surface area contributed by atoms with Crippen LogP contribution in [0, 0.1) is 11.3 Å². The molecule has 0 aliphatic carbocycles. The number of benzene rings is 1. The maximum Gasteiger partial charge on any atom is 0.227 e. The van der Waals surface area contributed by atoms with Gasteiger partial charge in [0.2, 0.25) is 17.6 Å². The van der Waals surface area contributed by atoms with Gasteiger partial charge in [-0.2, -0.15) is 21.6 Å². The highest BCUT2D eigenvalue weighted by Crippen LogP contribution is 2.18. The molecule has 0 saturated carbocycles. The van der Waals surface area contributed by atoms with Crippen LogP contribution in [0.4, 0.5) is 0 Å². The molecule has 0 aliphatic rings. The molecule has 3 aromatic rings. The number of hydrogen-bond donors (Lipinski definition) is 1. The van der Waals surface area contributed by atoms with Gasteiger partial charge >= 0.3 is 0 Å². The van der Waals surface area contributed by atoms with Crippen LogP contribution in [0.3, 0.4) is 0 Å². The van der Waals surface area contributed by atoms with E-state index in [2.05, 4.69) is 21.5 Å². The number of thiophene rings is 1. The number of aromatic nitrogens is 2. The lowest BCUT2D eigenvalue weighted by molar-refractivity contribution is -0.121. The van der Waals surface area contributed by atoms with E-state index in [1.807, 2.05) is 22.9 Å². The lowest BCUT2D eigenvalue weighted by Gasteiger charge is -2.04. The first kappa shape index (κ1) is 15.9. The molecule has 3 rings (SSSR count). The van der Waals surface area contributed by atoms with E-state index < -0.39 is 0 Å². The minimum Gasteiger partial charge on any atom is -0.352 e. The average molecular weight is 338 g/mol. The molecule has 0 spiro atoms. The van der Waals surface area contributed by atoms with E-state index in [1.165, 1.54) is 0 Å². The highest BCUT2D eigenvalue weighted by Gasteiger charge is 2.11. The number of carbonyl (C=O) groups excluding carboxylic acids is 1. The third-order valence-corrected chi connectivity index (χ3v) is 4.04. The topological polar surface area (TPSA) is 91.8 Å². The normalized spacial score (nSPS) is 10.3. The Bertz CT molecular complexity index is 865. The first-order valence-electron chi connectivity index (χ1n) is 7.35. The Morgan fingerprint density at radius 2 is 2.29 bits per heavy atom.